The highest BCUT2D eigenvalue weighted by Crippen LogP contribution is 2.47. The maximum Gasteiger partial charge on any atom is 0.416 e. The molecule has 9 heteroatoms. The molecule has 3 aliphatic rings. The lowest BCUT2D eigenvalue weighted by molar-refractivity contribution is -0.145. The summed E-state index contributed by atoms with van der Waals surface area (Å²) in [6.45, 7) is 7.30. The van der Waals surface area contributed by atoms with Crippen LogP contribution >= 0.6 is 0 Å². The number of nitrogens with zero attached hydrogens (tertiary/aromatic N) is 2. The van der Waals surface area contributed by atoms with Gasteiger partial charge in [-0.25, -0.2) is 4.39 Å². The Morgan fingerprint density at radius 1 is 1.00 bits per heavy atom. The van der Waals surface area contributed by atoms with Gasteiger partial charge in [-0.05, 0) is 81.5 Å². The highest BCUT2D eigenvalue weighted by Gasteiger charge is 2.50. The third-order valence-electron chi connectivity index (χ3n) is 8.11. The van der Waals surface area contributed by atoms with Crippen molar-refractivity contribution in [2.75, 3.05) is 26.2 Å². The van der Waals surface area contributed by atoms with Crippen LogP contribution in [0.3, 0.4) is 0 Å². The average Bonchev–Trinajstić information content (AvgIpc) is 3.15. The molecule has 1 amide bonds. The number of aliphatic carboxylic acids is 1. The van der Waals surface area contributed by atoms with Crippen LogP contribution in [-0.2, 0) is 15.8 Å². The molecule has 35 heavy (non-hydrogen) atoms. The Morgan fingerprint density at radius 2 is 1.63 bits per heavy atom. The second kappa shape index (κ2) is 9.05. The van der Waals surface area contributed by atoms with Crippen molar-refractivity contribution in [3.8, 4) is 0 Å². The molecule has 1 atom stereocenters. The van der Waals surface area contributed by atoms with E-state index in [9.17, 15) is 27.9 Å². The first-order valence-corrected chi connectivity index (χ1v) is 12.4. The van der Waals surface area contributed by atoms with E-state index in [2.05, 4.69) is 0 Å². The Hall–Kier alpha value is -2.16. The maximum absolute atomic E-state index is 15.6. The molecule has 2 aliphatic heterocycles. The number of amides is 1. The largest absolute Gasteiger partial charge is 0.481 e. The van der Waals surface area contributed by atoms with Crippen LogP contribution in [0.25, 0.3) is 0 Å². The molecule has 1 aliphatic carbocycles. The normalized spacial score (nSPS) is 28.7. The Labute approximate surface area is 203 Å². The minimum Gasteiger partial charge on any atom is -0.481 e. The van der Waals surface area contributed by atoms with Crippen molar-refractivity contribution in [1.29, 1.82) is 0 Å². The highest BCUT2D eigenvalue weighted by atomic mass is 19.4. The predicted octanol–water partition coefficient (Wildman–Crippen LogP) is 5.20. The monoisotopic (exact) mass is 498 g/mol. The lowest BCUT2D eigenvalue weighted by Crippen LogP contribution is -2.51. The van der Waals surface area contributed by atoms with Crippen molar-refractivity contribution in [2.45, 2.75) is 82.1 Å². The van der Waals surface area contributed by atoms with Crippen LogP contribution < -0.4 is 0 Å². The number of hydrogen-bond donors (Lipinski definition) is 1. The van der Waals surface area contributed by atoms with Crippen LogP contribution in [0, 0.1) is 5.92 Å². The van der Waals surface area contributed by atoms with E-state index in [1.54, 1.807) is 4.90 Å². The lowest BCUT2D eigenvalue weighted by atomic mass is 9.68. The SMILES string of the molecule is CC(C)(C)N1CC[C@](F)(C(=O)N2CCC(c3ccc(C(F)(F)F)cc3C3CC(C(=O)O)C3)CC2)C1. The van der Waals surface area contributed by atoms with E-state index >= 15 is 4.39 Å². The molecular formula is C26H34F4N2O3. The highest BCUT2D eigenvalue weighted by molar-refractivity contribution is 5.86. The smallest absolute Gasteiger partial charge is 0.416 e. The first-order chi connectivity index (χ1) is 16.2. The van der Waals surface area contributed by atoms with Gasteiger partial charge in [0.2, 0.25) is 5.67 Å². The van der Waals surface area contributed by atoms with Gasteiger partial charge >= 0.3 is 12.1 Å². The quantitative estimate of drug-likeness (QED) is 0.580. The number of hydrogen-bond acceptors (Lipinski definition) is 3. The van der Waals surface area contributed by atoms with Gasteiger partial charge in [0.1, 0.15) is 0 Å². The van der Waals surface area contributed by atoms with Gasteiger partial charge < -0.3 is 10.0 Å². The Kier molecular flexibility index (Phi) is 6.70. The number of likely N-dealkylation sites (tertiary alicyclic amines) is 2. The zero-order valence-electron chi connectivity index (χ0n) is 20.5. The first-order valence-electron chi connectivity index (χ1n) is 12.4. The van der Waals surface area contributed by atoms with Crippen LogP contribution in [-0.4, -0.2) is 64.2 Å². The van der Waals surface area contributed by atoms with Gasteiger partial charge in [0.05, 0.1) is 11.5 Å². The molecule has 1 saturated carbocycles. The molecule has 0 bridgehead atoms. The van der Waals surface area contributed by atoms with Gasteiger partial charge in [-0.2, -0.15) is 13.2 Å². The molecule has 194 valence electrons. The molecule has 3 fully saturated rings. The molecule has 1 aromatic carbocycles. The number of piperidine rings is 1. The molecule has 1 N–H and O–H groups in total. The molecule has 2 saturated heterocycles. The minimum absolute atomic E-state index is 0.0505. The van der Waals surface area contributed by atoms with E-state index in [1.165, 1.54) is 12.1 Å². The van der Waals surface area contributed by atoms with E-state index < -0.39 is 35.2 Å². The van der Waals surface area contributed by atoms with Crippen LogP contribution in [0.4, 0.5) is 17.6 Å². The van der Waals surface area contributed by atoms with E-state index in [0.717, 1.165) is 11.6 Å². The summed E-state index contributed by atoms with van der Waals surface area (Å²) < 4.78 is 55.7. The number of halogens is 4. The summed E-state index contributed by atoms with van der Waals surface area (Å²) in [5.41, 5.74) is -1.49. The summed E-state index contributed by atoms with van der Waals surface area (Å²) >= 11 is 0. The fourth-order valence-electron chi connectivity index (χ4n) is 5.75. The zero-order chi connectivity index (χ0) is 25.8. The predicted molar refractivity (Wildman–Crippen MR) is 123 cm³/mol. The summed E-state index contributed by atoms with van der Waals surface area (Å²) in [6.07, 6.45) is -2.57. The first kappa shape index (κ1) is 25.9. The molecule has 0 spiro atoms. The third kappa shape index (κ3) is 5.20. The third-order valence-corrected chi connectivity index (χ3v) is 8.11. The lowest BCUT2D eigenvalue weighted by Gasteiger charge is -2.39. The fourth-order valence-corrected chi connectivity index (χ4v) is 5.75. The summed E-state index contributed by atoms with van der Waals surface area (Å²) in [5, 5.41) is 9.20. The number of carbonyl (C=O) groups is 2. The minimum atomic E-state index is -4.48. The average molecular weight is 499 g/mol. The summed E-state index contributed by atoms with van der Waals surface area (Å²) in [6, 6.07) is 3.77. The second-order valence-electron chi connectivity index (χ2n) is 11.4. The van der Waals surface area contributed by atoms with Crippen molar-refractivity contribution >= 4 is 11.9 Å². The molecule has 1 aromatic rings. The van der Waals surface area contributed by atoms with Gasteiger partial charge in [-0.15, -0.1) is 0 Å². The molecule has 4 rings (SSSR count). The molecule has 0 unspecified atom stereocenters. The molecule has 5 nitrogen and oxygen atoms in total. The van der Waals surface area contributed by atoms with E-state index in [-0.39, 0.29) is 30.3 Å². The second-order valence-corrected chi connectivity index (χ2v) is 11.4. The summed E-state index contributed by atoms with van der Waals surface area (Å²) in [5.74, 6) is -2.20. The molecule has 2 heterocycles. The topological polar surface area (TPSA) is 60.9 Å². The van der Waals surface area contributed by atoms with Crippen molar-refractivity contribution in [2.24, 2.45) is 5.92 Å². The van der Waals surface area contributed by atoms with Gasteiger partial charge in [0.25, 0.3) is 5.91 Å². The van der Waals surface area contributed by atoms with Crippen LogP contribution in [0.2, 0.25) is 0 Å². The molecule has 0 aromatic heterocycles. The number of rotatable bonds is 4. The van der Waals surface area contributed by atoms with Crippen LogP contribution in [0.5, 0.6) is 0 Å². The molecule has 0 radical (unpaired) electrons. The Morgan fingerprint density at radius 3 is 2.14 bits per heavy atom. The Bertz CT molecular complexity index is 976. The summed E-state index contributed by atoms with van der Waals surface area (Å²) in [4.78, 5) is 27.8. The van der Waals surface area contributed by atoms with Gasteiger partial charge in [0.15, 0.2) is 0 Å². The number of carboxylic acid groups (broad SMARTS) is 1. The maximum atomic E-state index is 15.6. The van der Waals surface area contributed by atoms with Crippen molar-refractivity contribution in [3.05, 3.63) is 34.9 Å². The standard InChI is InChI=1S/C26H34F4N2O3/c1-24(2,3)32-11-8-25(27,15-32)23(35)31-9-6-16(7-10-31)20-5-4-19(26(28,29)30)14-21(20)17-12-18(13-17)22(33)34/h4-5,14,16-18H,6-13,15H2,1-3H3,(H,33,34)/t17?,18?,25-/m1/s1. The number of carboxylic acids is 1. The van der Waals surface area contributed by atoms with E-state index in [4.69, 9.17) is 0 Å². The van der Waals surface area contributed by atoms with Crippen molar-refractivity contribution in [3.63, 3.8) is 0 Å². The van der Waals surface area contributed by atoms with E-state index in [0.29, 0.717) is 50.9 Å². The zero-order valence-corrected chi connectivity index (χ0v) is 20.5. The van der Waals surface area contributed by atoms with Crippen LogP contribution in [0.1, 0.15) is 81.4 Å². The number of carbonyl (C=O) groups excluding carboxylic acids is 1. The van der Waals surface area contributed by atoms with Gasteiger partial charge in [-0.1, -0.05) is 6.07 Å². The van der Waals surface area contributed by atoms with E-state index in [1.807, 2.05) is 25.7 Å². The van der Waals surface area contributed by atoms with Crippen molar-refractivity contribution < 1.29 is 32.3 Å². The number of benzene rings is 1. The van der Waals surface area contributed by atoms with Gasteiger partial charge in [-0.3, -0.25) is 14.5 Å². The Balaban J connectivity index is 1.46. The van der Waals surface area contributed by atoms with Crippen LogP contribution in [0.15, 0.2) is 18.2 Å². The molecular weight excluding hydrogens is 464 g/mol. The van der Waals surface area contributed by atoms with Crippen molar-refractivity contribution in [1.82, 2.24) is 9.80 Å². The summed E-state index contributed by atoms with van der Waals surface area (Å²) in [7, 11) is 0. The van der Waals surface area contributed by atoms with Gasteiger partial charge in [0, 0.05) is 38.1 Å². The number of alkyl halides is 4. The fraction of sp³-hybridized carbons (Fsp3) is 0.692.